The molecule has 0 bridgehead atoms. The molecule has 4 rings (SSSR count). The Morgan fingerprint density at radius 3 is 1.80 bits per heavy atom. The van der Waals surface area contributed by atoms with Gasteiger partial charge in [-0.25, -0.2) is 0 Å². The van der Waals surface area contributed by atoms with Crippen LogP contribution in [0.15, 0.2) is 85.2 Å². The number of hydrogen-bond donors (Lipinski definition) is 0. The van der Waals surface area contributed by atoms with Crippen molar-refractivity contribution in [2.24, 2.45) is 5.92 Å². The van der Waals surface area contributed by atoms with Crippen LogP contribution in [0.5, 0.6) is 0 Å². The molecule has 1 aromatic carbocycles. The summed E-state index contributed by atoms with van der Waals surface area (Å²) in [6.07, 6.45) is 16.6. The maximum absolute atomic E-state index is 4.77. The van der Waals surface area contributed by atoms with Crippen molar-refractivity contribution in [1.82, 2.24) is 19.9 Å². The van der Waals surface area contributed by atoms with E-state index in [9.17, 15) is 0 Å². The van der Waals surface area contributed by atoms with E-state index in [0.717, 1.165) is 17.5 Å². The van der Waals surface area contributed by atoms with Crippen molar-refractivity contribution in [2.75, 3.05) is 6.16 Å². The molecular formula is C29H36N4P2. The molecule has 0 aliphatic heterocycles. The molecule has 0 N–H and O–H groups in total. The van der Waals surface area contributed by atoms with Gasteiger partial charge in [0.15, 0.2) is 0 Å². The fraction of sp³-hybridized carbons (Fsp3) is 0.379. The van der Waals surface area contributed by atoms with Crippen molar-refractivity contribution in [3.8, 4) is 0 Å². The minimum absolute atomic E-state index is 0.227. The van der Waals surface area contributed by atoms with Crippen LogP contribution in [-0.2, 0) is 5.16 Å². The number of hydrogen-bond acceptors (Lipinski definition) is 4. The van der Waals surface area contributed by atoms with Crippen LogP contribution in [0, 0.1) is 5.92 Å². The van der Waals surface area contributed by atoms with Crippen molar-refractivity contribution in [2.45, 2.75) is 57.0 Å². The minimum Gasteiger partial charge on any atom is -0.261 e. The van der Waals surface area contributed by atoms with Gasteiger partial charge in [0, 0.05) is 30.7 Å². The molecule has 182 valence electrons. The standard InChI is InChI=1S/C29H36N4P2/c1-27(2,3)35(28(4,5)6)20-23-16-22(21-10-8-7-9-11-21)17-24(23)29(34,25-18-30-12-14-32-25)26-19-31-13-15-33-26/h7-19,23H,20,34H2,1-6H3. The van der Waals surface area contributed by atoms with Crippen LogP contribution in [0.1, 0.15) is 58.5 Å². The molecule has 0 radical (unpaired) electrons. The van der Waals surface area contributed by atoms with Gasteiger partial charge in [-0.2, -0.15) is 0 Å². The molecule has 6 heteroatoms. The highest BCUT2D eigenvalue weighted by Crippen LogP contribution is 2.62. The quantitative estimate of drug-likeness (QED) is 0.337. The van der Waals surface area contributed by atoms with E-state index in [1.807, 2.05) is 12.4 Å². The number of nitrogens with zero attached hydrogens (tertiary/aromatic N) is 4. The molecule has 4 nitrogen and oxygen atoms in total. The van der Waals surface area contributed by atoms with Crippen molar-refractivity contribution in [3.63, 3.8) is 0 Å². The predicted octanol–water partition coefficient (Wildman–Crippen LogP) is 7.10. The lowest BCUT2D eigenvalue weighted by Gasteiger charge is -2.44. The van der Waals surface area contributed by atoms with Crippen molar-refractivity contribution in [3.05, 3.63) is 102 Å². The van der Waals surface area contributed by atoms with Crippen LogP contribution in [-0.4, -0.2) is 36.4 Å². The van der Waals surface area contributed by atoms with Gasteiger partial charge in [0.2, 0.25) is 0 Å². The topological polar surface area (TPSA) is 51.6 Å². The molecule has 2 heterocycles. The number of benzene rings is 1. The third-order valence-corrected chi connectivity index (χ3v) is 11.5. The largest absolute Gasteiger partial charge is 0.261 e. The Kier molecular flexibility index (Phi) is 7.37. The van der Waals surface area contributed by atoms with Crippen LogP contribution < -0.4 is 0 Å². The first-order valence-electron chi connectivity index (χ1n) is 12.1. The second-order valence-corrected chi connectivity index (χ2v) is 15.9. The summed E-state index contributed by atoms with van der Waals surface area (Å²) in [7, 11) is 2.77. The Morgan fingerprint density at radius 2 is 1.34 bits per heavy atom. The zero-order valence-corrected chi connectivity index (χ0v) is 23.7. The lowest BCUT2D eigenvalue weighted by atomic mass is 9.85. The summed E-state index contributed by atoms with van der Waals surface area (Å²) in [6, 6.07) is 10.7. The van der Waals surface area contributed by atoms with Crippen LogP contribution in [0.2, 0.25) is 0 Å². The molecule has 0 fully saturated rings. The Morgan fingerprint density at radius 1 is 0.800 bits per heavy atom. The summed E-state index contributed by atoms with van der Waals surface area (Å²) < 4.78 is 0. The van der Waals surface area contributed by atoms with E-state index in [1.165, 1.54) is 16.7 Å². The van der Waals surface area contributed by atoms with E-state index in [2.05, 4.69) is 103 Å². The number of aromatic nitrogens is 4. The highest BCUT2D eigenvalue weighted by molar-refractivity contribution is 7.60. The second-order valence-electron chi connectivity index (χ2n) is 11.1. The van der Waals surface area contributed by atoms with Gasteiger partial charge < -0.3 is 0 Å². The molecule has 3 aromatic rings. The fourth-order valence-corrected chi connectivity index (χ4v) is 9.58. The first kappa shape index (κ1) is 25.8. The van der Waals surface area contributed by atoms with Gasteiger partial charge in [0.05, 0.1) is 28.9 Å². The Labute approximate surface area is 213 Å². The van der Waals surface area contributed by atoms with Crippen LogP contribution in [0.4, 0.5) is 0 Å². The average Bonchev–Trinajstić information content (AvgIpc) is 3.27. The molecule has 2 atom stereocenters. The zero-order chi connectivity index (χ0) is 25.3. The molecule has 2 unspecified atom stereocenters. The van der Waals surface area contributed by atoms with E-state index in [4.69, 9.17) is 9.97 Å². The van der Waals surface area contributed by atoms with Gasteiger partial charge in [0.25, 0.3) is 0 Å². The van der Waals surface area contributed by atoms with Crippen LogP contribution in [0.3, 0.4) is 0 Å². The molecule has 0 amide bonds. The van der Waals surface area contributed by atoms with Gasteiger partial charge in [-0.15, -0.1) is 9.24 Å². The number of allylic oxidation sites excluding steroid dienone is 4. The summed E-state index contributed by atoms with van der Waals surface area (Å²) in [5.41, 5.74) is 5.49. The summed E-state index contributed by atoms with van der Waals surface area (Å²) in [4.78, 5) is 18.4. The Balaban J connectivity index is 1.90. The third kappa shape index (κ3) is 5.45. The van der Waals surface area contributed by atoms with Crippen LogP contribution >= 0.6 is 17.2 Å². The average molecular weight is 503 g/mol. The third-order valence-electron chi connectivity index (χ3n) is 6.59. The van der Waals surface area contributed by atoms with Gasteiger partial charge >= 0.3 is 0 Å². The Bertz CT molecular complexity index is 1140. The summed E-state index contributed by atoms with van der Waals surface area (Å²) >= 11 is 0. The first-order chi connectivity index (χ1) is 16.5. The first-order valence-corrected chi connectivity index (χ1v) is 14.2. The van der Waals surface area contributed by atoms with E-state index in [-0.39, 0.29) is 24.2 Å². The second kappa shape index (κ2) is 10.00. The molecule has 0 spiro atoms. The van der Waals surface area contributed by atoms with E-state index in [0.29, 0.717) is 0 Å². The highest BCUT2D eigenvalue weighted by atomic mass is 31.1. The lowest BCUT2D eigenvalue weighted by molar-refractivity contribution is 0.664. The molecule has 1 aliphatic rings. The maximum Gasteiger partial charge on any atom is 0.0933 e. The molecule has 35 heavy (non-hydrogen) atoms. The molecule has 2 aromatic heterocycles. The maximum atomic E-state index is 4.77. The Hall–Kier alpha value is -2.28. The molecule has 0 saturated heterocycles. The minimum atomic E-state index is -0.628. The molecular weight excluding hydrogens is 466 g/mol. The monoisotopic (exact) mass is 502 g/mol. The van der Waals surface area contributed by atoms with E-state index in [1.54, 1.807) is 24.8 Å². The molecule has 1 aliphatic carbocycles. The predicted molar refractivity (Wildman–Crippen MR) is 152 cm³/mol. The smallest absolute Gasteiger partial charge is 0.0933 e. The normalized spacial score (nSPS) is 16.9. The summed E-state index contributed by atoms with van der Waals surface area (Å²) in [5, 5.41) is -0.174. The zero-order valence-electron chi connectivity index (χ0n) is 21.6. The van der Waals surface area contributed by atoms with E-state index < -0.39 is 5.16 Å². The number of rotatable bonds is 6. The molecule has 0 saturated carbocycles. The van der Waals surface area contributed by atoms with Gasteiger partial charge in [-0.05, 0) is 33.2 Å². The fourth-order valence-electron chi connectivity index (χ4n) is 5.18. The van der Waals surface area contributed by atoms with Crippen LogP contribution in [0.25, 0.3) is 5.57 Å². The van der Waals surface area contributed by atoms with E-state index >= 15 is 0 Å². The summed E-state index contributed by atoms with van der Waals surface area (Å²) in [6.45, 7) is 14.4. The van der Waals surface area contributed by atoms with Crippen molar-refractivity contribution in [1.29, 1.82) is 0 Å². The summed E-state index contributed by atoms with van der Waals surface area (Å²) in [5.74, 6) is 0.247. The SMILES string of the molecule is CC(C)(C)P(CC1C=C(c2ccccc2)C=C1C(P)(c1cnccn1)c1cnccn1)C(C)(C)C. The van der Waals surface area contributed by atoms with Gasteiger partial charge in [-0.1, -0.05) is 91.9 Å². The van der Waals surface area contributed by atoms with Gasteiger partial charge in [-0.3, -0.25) is 19.9 Å². The highest BCUT2D eigenvalue weighted by Gasteiger charge is 2.44. The van der Waals surface area contributed by atoms with Gasteiger partial charge in [0.1, 0.15) is 0 Å². The lowest BCUT2D eigenvalue weighted by Crippen LogP contribution is -2.33. The van der Waals surface area contributed by atoms with Crippen molar-refractivity contribution >= 4 is 22.7 Å². The van der Waals surface area contributed by atoms with Crippen molar-refractivity contribution < 1.29 is 0 Å².